The van der Waals surface area contributed by atoms with Gasteiger partial charge in [0, 0.05) is 0 Å². The minimum absolute atomic E-state index is 0.263. The van der Waals surface area contributed by atoms with E-state index in [1.807, 2.05) is 0 Å². The molecule has 2 aromatic rings. The van der Waals surface area contributed by atoms with Gasteiger partial charge >= 0.3 is 15.2 Å². The Morgan fingerprint density at radius 3 is 1.30 bits per heavy atom. The average Bonchev–Trinajstić information content (AvgIpc) is 2.47. The first kappa shape index (κ1) is 23.4. The maximum atomic E-state index is 12.5. The van der Waals surface area contributed by atoms with Gasteiger partial charge in [0.1, 0.15) is 0 Å². The number of rotatable bonds is 3. The van der Waals surface area contributed by atoms with Gasteiger partial charge in [0.15, 0.2) is 34.9 Å². The van der Waals surface area contributed by atoms with Gasteiger partial charge in [-0.3, -0.25) is 9.13 Å². The lowest BCUT2D eigenvalue weighted by Gasteiger charge is -2.04. The molecule has 2 aromatic carbocycles. The van der Waals surface area contributed by atoms with Crippen molar-refractivity contribution in [3.8, 4) is 0 Å². The molecule has 0 atom stereocenters. The van der Waals surface area contributed by atoms with Gasteiger partial charge in [0.2, 0.25) is 0 Å². The standard InChI is InChI=1S/C7H6F3O3P.C6H4F3O3P/c8-5-1-4(3-14(11,12)13)2-6(9)7(5)10;7-4-1-3(13(10,11)12)2-5(8)6(4)9/h1-2H,3H2,(H2,11,12,13);1-2H,(H2,10,11,12). The van der Waals surface area contributed by atoms with Gasteiger partial charge in [-0.2, -0.15) is 0 Å². The first-order valence-corrected chi connectivity index (χ1v) is 9.91. The molecule has 14 heteroatoms. The Hall–Kier alpha value is -1.68. The van der Waals surface area contributed by atoms with Gasteiger partial charge in [-0.25, -0.2) is 26.3 Å². The summed E-state index contributed by atoms with van der Waals surface area (Å²) in [5.74, 6) is -9.59. The van der Waals surface area contributed by atoms with Crippen LogP contribution in [-0.4, -0.2) is 19.6 Å². The molecule has 6 nitrogen and oxygen atoms in total. The highest BCUT2D eigenvalue weighted by Gasteiger charge is 2.22. The zero-order valence-electron chi connectivity index (χ0n) is 12.8. The van der Waals surface area contributed by atoms with E-state index in [9.17, 15) is 35.5 Å². The second-order valence-electron chi connectivity index (χ2n) is 4.96. The van der Waals surface area contributed by atoms with Crippen LogP contribution in [0.5, 0.6) is 0 Å². The van der Waals surface area contributed by atoms with E-state index in [1.165, 1.54) is 0 Å². The van der Waals surface area contributed by atoms with Crippen molar-refractivity contribution in [2.24, 2.45) is 0 Å². The van der Waals surface area contributed by atoms with Gasteiger partial charge in [0.25, 0.3) is 0 Å². The second-order valence-corrected chi connectivity index (χ2v) is 8.21. The van der Waals surface area contributed by atoms with Crippen molar-refractivity contribution >= 4 is 20.5 Å². The lowest BCUT2D eigenvalue weighted by Crippen LogP contribution is -2.08. The summed E-state index contributed by atoms with van der Waals surface area (Å²) < 4.78 is 95.6. The van der Waals surface area contributed by atoms with Crippen LogP contribution in [0.1, 0.15) is 5.56 Å². The third-order valence-corrected chi connectivity index (χ3v) is 4.45. The van der Waals surface area contributed by atoms with Crippen LogP contribution in [0, 0.1) is 34.9 Å². The Labute approximate surface area is 147 Å². The molecule has 4 N–H and O–H groups in total. The van der Waals surface area contributed by atoms with E-state index in [0.717, 1.165) is 0 Å². The summed E-state index contributed by atoms with van der Waals surface area (Å²) in [6, 6.07) is 1.63. The minimum Gasteiger partial charge on any atom is -0.324 e. The normalized spacial score (nSPS) is 11.8. The molecule has 2 rings (SSSR count). The quantitative estimate of drug-likeness (QED) is 0.333. The van der Waals surface area contributed by atoms with Crippen LogP contribution >= 0.6 is 15.2 Å². The van der Waals surface area contributed by atoms with Crippen molar-refractivity contribution in [3.05, 3.63) is 64.7 Å². The molecule has 0 unspecified atom stereocenters. The highest BCUT2D eigenvalue weighted by Crippen LogP contribution is 2.39. The molecular formula is C13H10F6O6P2. The largest absolute Gasteiger partial charge is 0.356 e. The zero-order chi connectivity index (χ0) is 21.2. The minimum atomic E-state index is -4.74. The van der Waals surface area contributed by atoms with E-state index in [4.69, 9.17) is 19.6 Å². The predicted molar refractivity (Wildman–Crippen MR) is 80.1 cm³/mol. The molecule has 27 heavy (non-hydrogen) atoms. The molecule has 0 fully saturated rings. The van der Waals surface area contributed by atoms with Gasteiger partial charge < -0.3 is 19.6 Å². The van der Waals surface area contributed by atoms with Crippen LogP contribution in [0.4, 0.5) is 26.3 Å². The third-order valence-electron chi connectivity index (χ3n) is 2.74. The van der Waals surface area contributed by atoms with E-state index in [-0.39, 0.29) is 17.7 Å². The van der Waals surface area contributed by atoms with Crippen LogP contribution < -0.4 is 5.30 Å². The smallest absolute Gasteiger partial charge is 0.324 e. The van der Waals surface area contributed by atoms with Crippen molar-refractivity contribution in [2.75, 3.05) is 0 Å². The zero-order valence-corrected chi connectivity index (χ0v) is 14.6. The molecule has 0 saturated carbocycles. The Balaban J connectivity index is 0.000000271. The first-order chi connectivity index (χ1) is 12.1. The molecule has 0 aliphatic carbocycles. The average molecular weight is 438 g/mol. The second kappa shape index (κ2) is 8.55. The van der Waals surface area contributed by atoms with E-state index in [1.54, 1.807) is 0 Å². The van der Waals surface area contributed by atoms with Gasteiger partial charge in [-0.05, 0) is 29.8 Å². The molecule has 0 aromatic heterocycles. The Bertz CT molecular complexity index is 895. The fraction of sp³-hybridized carbons (Fsp3) is 0.0769. The number of hydrogen-bond acceptors (Lipinski definition) is 2. The summed E-state index contributed by atoms with van der Waals surface area (Å²) >= 11 is 0. The molecule has 0 amide bonds. The van der Waals surface area contributed by atoms with Crippen LogP contribution in [0.3, 0.4) is 0 Å². The summed E-state index contributed by atoms with van der Waals surface area (Å²) in [5, 5.41) is -0.885. The van der Waals surface area contributed by atoms with E-state index in [2.05, 4.69) is 0 Å². The monoisotopic (exact) mass is 438 g/mol. The van der Waals surface area contributed by atoms with Crippen molar-refractivity contribution < 1.29 is 55.0 Å². The summed E-state index contributed by atoms with van der Waals surface area (Å²) in [6.45, 7) is 0. The predicted octanol–water partition coefficient (Wildman–Crippen LogP) is 2.69. The van der Waals surface area contributed by atoms with E-state index >= 15 is 0 Å². The lowest BCUT2D eigenvalue weighted by molar-refractivity contribution is 0.371. The van der Waals surface area contributed by atoms with Crippen molar-refractivity contribution in [3.63, 3.8) is 0 Å². The van der Waals surface area contributed by atoms with Crippen LogP contribution in [-0.2, 0) is 15.3 Å². The third kappa shape index (κ3) is 7.10. The van der Waals surface area contributed by atoms with Crippen molar-refractivity contribution in [1.82, 2.24) is 0 Å². The van der Waals surface area contributed by atoms with Crippen LogP contribution in [0.15, 0.2) is 24.3 Å². The fourth-order valence-electron chi connectivity index (χ4n) is 1.65. The summed E-state index contributed by atoms with van der Waals surface area (Å²) in [4.78, 5) is 34.0. The number of halogens is 6. The molecule has 0 aliphatic rings. The van der Waals surface area contributed by atoms with Gasteiger partial charge in [0.05, 0.1) is 11.5 Å². The maximum absolute atomic E-state index is 12.5. The molecular weight excluding hydrogens is 428 g/mol. The Kier molecular flexibility index (Phi) is 7.40. The molecule has 0 aliphatic heterocycles. The first-order valence-electron chi connectivity index (χ1n) is 6.50. The van der Waals surface area contributed by atoms with Gasteiger partial charge in [-0.15, -0.1) is 0 Å². The topological polar surface area (TPSA) is 115 Å². The maximum Gasteiger partial charge on any atom is 0.356 e. The molecule has 0 bridgehead atoms. The highest BCUT2D eigenvalue weighted by atomic mass is 31.2. The van der Waals surface area contributed by atoms with Gasteiger partial charge in [-0.1, -0.05) is 0 Å². The highest BCUT2D eigenvalue weighted by molar-refractivity contribution is 7.60. The number of benzene rings is 2. The van der Waals surface area contributed by atoms with E-state index < -0.39 is 61.6 Å². The van der Waals surface area contributed by atoms with E-state index in [0.29, 0.717) is 12.1 Å². The summed E-state index contributed by atoms with van der Waals surface area (Å²) in [5.41, 5.74) is -0.283. The molecule has 0 saturated heterocycles. The van der Waals surface area contributed by atoms with Crippen molar-refractivity contribution in [1.29, 1.82) is 0 Å². The molecule has 0 radical (unpaired) electrons. The molecule has 0 spiro atoms. The SMILES string of the molecule is O=P(O)(O)Cc1cc(F)c(F)c(F)c1.O=P(O)(O)c1cc(F)c(F)c(F)c1. The lowest BCUT2D eigenvalue weighted by atomic mass is 10.2. The summed E-state index contributed by atoms with van der Waals surface area (Å²) in [6.07, 6.45) is -0.818. The fourth-order valence-corrected chi connectivity index (χ4v) is 2.87. The Morgan fingerprint density at radius 1 is 0.667 bits per heavy atom. The van der Waals surface area contributed by atoms with Crippen LogP contribution in [0.25, 0.3) is 0 Å². The summed E-state index contributed by atoms with van der Waals surface area (Å²) in [7, 11) is -9.14. The van der Waals surface area contributed by atoms with Crippen molar-refractivity contribution in [2.45, 2.75) is 6.16 Å². The molecule has 150 valence electrons. The Morgan fingerprint density at radius 2 is 1.00 bits per heavy atom. The number of hydrogen-bond donors (Lipinski definition) is 4. The molecule has 0 heterocycles. The van der Waals surface area contributed by atoms with Crippen LogP contribution in [0.2, 0.25) is 0 Å².